The number of nitrogens with one attached hydrogen (secondary N) is 1. The summed E-state index contributed by atoms with van der Waals surface area (Å²) in [6.45, 7) is 3.85. The van der Waals surface area contributed by atoms with Crippen molar-refractivity contribution in [2.75, 3.05) is 19.6 Å². The first-order chi connectivity index (χ1) is 11.0. The second kappa shape index (κ2) is 6.52. The molecule has 1 saturated carbocycles. The van der Waals surface area contributed by atoms with E-state index in [9.17, 15) is 9.59 Å². The van der Waals surface area contributed by atoms with Crippen LogP contribution < -0.4 is 5.32 Å². The summed E-state index contributed by atoms with van der Waals surface area (Å²) in [5.41, 5.74) is 0.780. The number of rotatable bonds is 4. The molecule has 0 spiro atoms. The van der Waals surface area contributed by atoms with Crippen molar-refractivity contribution in [2.45, 2.75) is 38.0 Å². The summed E-state index contributed by atoms with van der Waals surface area (Å²) >= 11 is 5.95. The minimum Gasteiger partial charge on any atom is -0.356 e. The van der Waals surface area contributed by atoms with Gasteiger partial charge in [0.05, 0.1) is 5.41 Å². The van der Waals surface area contributed by atoms with E-state index in [1.54, 1.807) is 6.92 Å². The van der Waals surface area contributed by atoms with Crippen LogP contribution in [0.25, 0.3) is 0 Å². The molecule has 2 fully saturated rings. The van der Waals surface area contributed by atoms with E-state index in [1.165, 1.54) is 0 Å². The largest absolute Gasteiger partial charge is 0.356 e. The highest BCUT2D eigenvalue weighted by molar-refractivity contribution is 6.30. The number of likely N-dealkylation sites (tertiary alicyclic amines) is 1. The Hall–Kier alpha value is -1.55. The van der Waals surface area contributed by atoms with Gasteiger partial charge in [0.15, 0.2) is 0 Å². The molecule has 124 valence electrons. The van der Waals surface area contributed by atoms with Crippen molar-refractivity contribution in [3.63, 3.8) is 0 Å². The third-order valence-electron chi connectivity index (χ3n) is 5.10. The summed E-state index contributed by atoms with van der Waals surface area (Å²) in [6.07, 6.45) is 3.78. The molecule has 1 aliphatic heterocycles. The van der Waals surface area contributed by atoms with Crippen molar-refractivity contribution in [1.29, 1.82) is 0 Å². The number of benzene rings is 1. The fourth-order valence-corrected chi connectivity index (χ4v) is 3.58. The molecular weight excluding hydrogens is 312 g/mol. The van der Waals surface area contributed by atoms with Crippen molar-refractivity contribution < 1.29 is 9.59 Å². The van der Waals surface area contributed by atoms with E-state index < -0.39 is 0 Å². The Kier molecular flexibility index (Phi) is 4.62. The van der Waals surface area contributed by atoms with Crippen LogP contribution in [0, 0.1) is 5.92 Å². The zero-order chi connectivity index (χ0) is 16.4. The Morgan fingerprint density at radius 2 is 1.83 bits per heavy atom. The van der Waals surface area contributed by atoms with Gasteiger partial charge in [-0.3, -0.25) is 9.59 Å². The van der Waals surface area contributed by atoms with Gasteiger partial charge in [-0.1, -0.05) is 23.7 Å². The second-order valence-electron chi connectivity index (χ2n) is 6.76. The third-order valence-corrected chi connectivity index (χ3v) is 5.35. The topological polar surface area (TPSA) is 49.4 Å². The van der Waals surface area contributed by atoms with Crippen LogP contribution >= 0.6 is 11.6 Å². The Morgan fingerprint density at radius 1 is 1.22 bits per heavy atom. The predicted molar refractivity (Wildman–Crippen MR) is 90.4 cm³/mol. The van der Waals surface area contributed by atoms with Crippen LogP contribution in [-0.2, 0) is 15.0 Å². The van der Waals surface area contributed by atoms with Crippen molar-refractivity contribution in [3.05, 3.63) is 34.9 Å². The summed E-state index contributed by atoms with van der Waals surface area (Å²) in [7, 11) is 0. The van der Waals surface area contributed by atoms with Crippen LogP contribution in [0.4, 0.5) is 0 Å². The Balaban J connectivity index is 1.59. The van der Waals surface area contributed by atoms with Crippen LogP contribution in [-0.4, -0.2) is 36.3 Å². The fourth-order valence-electron chi connectivity index (χ4n) is 3.45. The van der Waals surface area contributed by atoms with Crippen molar-refractivity contribution in [2.24, 2.45) is 5.92 Å². The van der Waals surface area contributed by atoms with Crippen LogP contribution in [0.15, 0.2) is 24.3 Å². The quantitative estimate of drug-likeness (QED) is 0.920. The van der Waals surface area contributed by atoms with Gasteiger partial charge >= 0.3 is 0 Å². The molecule has 1 N–H and O–H groups in total. The number of carbonyl (C=O) groups excluding carboxylic acids is 2. The van der Waals surface area contributed by atoms with Crippen molar-refractivity contribution >= 4 is 23.4 Å². The van der Waals surface area contributed by atoms with Crippen LogP contribution in [0.3, 0.4) is 0 Å². The Bertz CT molecular complexity index is 588. The minimum atomic E-state index is -0.310. The molecular formula is C18H23ClN2O2. The van der Waals surface area contributed by atoms with E-state index in [0.717, 1.165) is 50.9 Å². The number of carbonyl (C=O) groups is 2. The summed E-state index contributed by atoms with van der Waals surface area (Å²) in [6, 6.07) is 7.70. The number of hydrogen-bond acceptors (Lipinski definition) is 2. The maximum absolute atomic E-state index is 13.0. The van der Waals surface area contributed by atoms with E-state index >= 15 is 0 Å². The highest BCUT2D eigenvalue weighted by Crippen LogP contribution is 2.50. The number of piperidine rings is 1. The lowest BCUT2D eigenvalue weighted by Gasteiger charge is -2.34. The zero-order valence-electron chi connectivity index (χ0n) is 13.5. The predicted octanol–water partition coefficient (Wildman–Crippen LogP) is 2.75. The molecule has 23 heavy (non-hydrogen) atoms. The average Bonchev–Trinajstić information content (AvgIpc) is 3.35. The first-order valence-corrected chi connectivity index (χ1v) is 8.69. The molecule has 0 radical (unpaired) electrons. The van der Waals surface area contributed by atoms with Gasteiger partial charge < -0.3 is 10.2 Å². The highest BCUT2D eigenvalue weighted by Gasteiger charge is 2.53. The van der Waals surface area contributed by atoms with Crippen LogP contribution in [0.1, 0.15) is 38.2 Å². The fraction of sp³-hybridized carbons (Fsp3) is 0.556. The van der Waals surface area contributed by atoms with Gasteiger partial charge in [0, 0.05) is 31.6 Å². The number of hydrogen-bond donors (Lipinski definition) is 1. The van der Waals surface area contributed by atoms with Crippen molar-refractivity contribution in [1.82, 2.24) is 10.2 Å². The van der Waals surface area contributed by atoms with Crippen LogP contribution in [0.2, 0.25) is 5.02 Å². The lowest BCUT2D eigenvalue weighted by atomic mass is 9.91. The van der Waals surface area contributed by atoms with E-state index in [-0.39, 0.29) is 17.2 Å². The van der Waals surface area contributed by atoms with Gasteiger partial charge in [0.1, 0.15) is 0 Å². The monoisotopic (exact) mass is 334 g/mol. The first-order valence-electron chi connectivity index (χ1n) is 8.31. The molecule has 0 atom stereocenters. The Morgan fingerprint density at radius 3 is 2.35 bits per heavy atom. The molecule has 4 nitrogen and oxygen atoms in total. The molecule has 1 heterocycles. The van der Waals surface area contributed by atoms with Gasteiger partial charge in [-0.2, -0.15) is 0 Å². The van der Waals surface area contributed by atoms with Gasteiger partial charge in [-0.15, -0.1) is 0 Å². The van der Waals surface area contributed by atoms with Crippen LogP contribution in [0.5, 0.6) is 0 Å². The van der Waals surface area contributed by atoms with Gasteiger partial charge in [-0.25, -0.2) is 0 Å². The molecule has 2 aliphatic rings. The standard InChI is InChI=1S/C18H23ClN2O2/c1-13(22)20-12-14-6-10-21(11-7-14)17(23)18(8-9-18)15-2-4-16(19)5-3-15/h2-5,14H,6-12H2,1H3,(H,20,22). The van der Waals surface area contributed by atoms with E-state index in [4.69, 9.17) is 11.6 Å². The van der Waals surface area contributed by atoms with Gasteiger partial charge in [0.2, 0.25) is 11.8 Å². The third kappa shape index (κ3) is 3.52. The molecule has 1 aliphatic carbocycles. The summed E-state index contributed by atoms with van der Waals surface area (Å²) in [4.78, 5) is 26.0. The maximum Gasteiger partial charge on any atom is 0.233 e. The molecule has 1 aromatic carbocycles. The summed E-state index contributed by atoms with van der Waals surface area (Å²) < 4.78 is 0. The lowest BCUT2D eigenvalue weighted by molar-refractivity contribution is -0.135. The van der Waals surface area contributed by atoms with E-state index in [0.29, 0.717) is 10.9 Å². The number of halogens is 1. The Labute approximate surface area is 142 Å². The average molecular weight is 335 g/mol. The lowest BCUT2D eigenvalue weighted by Crippen LogP contribution is -2.45. The van der Waals surface area contributed by atoms with Gasteiger partial charge in [-0.05, 0) is 49.3 Å². The maximum atomic E-state index is 13.0. The molecule has 1 saturated heterocycles. The van der Waals surface area contributed by atoms with E-state index in [2.05, 4.69) is 5.32 Å². The summed E-state index contributed by atoms with van der Waals surface area (Å²) in [5, 5.41) is 3.58. The minimum absolute atomic E-state index is 0.0168. The molecule has 5 heteroatoms. The smallest absolute Gasteiger partial charge is 0.233 e. The van der Waals surface area contributed by atoms with Gasteiger partial charge in [0.25, 0.3) is 0 Å². The molecule has 2 amide bonds. The van der Waals surface area contributed by atoms with E-state index in [1.807, 2.05) is 29.2 Å². The highest BCUT2D eigenvalue weighted by atomic mass is 35.5. The summed E-state index contributed by atoms with van der Waals surface area (Å²) in [5.74, 6) is 0.759. The first kappa shape index (κ1) is 16.3. The zero-order valence-corrected chi connectivity index (χ0v) is 14.2. The SMILES string of the molecule is CC(=O)NCC1CCN(C(=O)C2(c3ccc(Cl)cc3)CC2)CC1. The molecule has 0 aromatic heterocycles. The van der Waals surface area contributed by atoms with Crippen molar-refractivity contribution in [3.8, 4) is 0 Å². The molecule has 3 rings (SSSR count). The number of nitrogens with zero attached hydrogens (tertiary/aromatic N) is 1. The molecule has 0 unspecified atom stereocenters. The second-order valence-corrected chi connectivity index (χ2v) is 7.20. The molecule has 1 aromatic rings. The number of amides is 2. The normalized spacial score (nSPS) is 20.2. The molecule has 0 bridgehead atoms.